The third-order valence-corrected chi connectivity index (χ3v) is 5.57. The van der Waals surface area contributed by atoms with Crippen molar-refractivity contribution in [3.05, 3.63) is 79.0 Å². The van der Waals surface area contributed by atoms with Crippen molar-refractivity contribution in [2.75, 3.05) is 23.8 Å². The highest BCUT2D eigenvalue weighted by Crippen LogP contribution is 2.35. The molecule has 4 aromatic rings. The van der Waals surface area contributed by atoms with Crippen LogP contribution in [0.5, 0.6) is 0 Å². The predicted molar refractivity (Wildman–Crippen MR) is 114 cm³/mol. The maximum absolute atomic E-state index is 6.27. The molecular formula is C24H23N3. The van der Waals surface area contributed by atoms with Gasteiger partial charge in [0.05, 0.1) is 5.52 Å². The zero-order chi connectivity index (χ0) is 18.2. The zero-order valence-corrected chi connectivity index (χ0v) is 15.3. The van der Waals surface area contributed by atoms with E-state index in [1.165, 1.54) is 46.2 Å². The Bertz CT molecular complexity index is 1090. The minimum Gasteiger partial charge on any atom is -0.372 e. The maximum Gasteiger partial charge on any atom is 0.0696 e. The summed E-state index contributed by atoms with van der Waals surface area (Å²) in [6, 6.07) is 25.9. The summed E-state index contributed by atoms with van der Waals surface area (Å²) in [6.45, 7) is 2.31. The first-order valence-electron chi connectivity index (χ1n) is 9.60. The first kappa shape index (κ1) is 16.0. The Morgan fingerprint density at radius 1 is 0.704 bits per heavy atom. The van der Waals surface area contributed by atoms with Crippen LogP contribution < -0.4 is 10.7 Å². The van der Waals surface area contributed by atoms with Crippen LogP contribution in [0, 0.1) is 0 Å². The van der Waals surface area contributed by atoms with Crippen molar-refractivity contribution >= 4 is 16.6 Å². The summed E-state index contributed by atoms with van der Waals surface area (Å²) in [7, 11) is 0. The molecule has 0 bridgehead atoms. The summed E-state index contributed by atoms with van der Waals surface area (Å²) >= 11 is 0. The van der Waals surface area contributed by atoms with E-state index < -0.39 is 0 Å². The standard InChI is InChI=1S/C24H23N3/c25-27-17-23(20-9-6-10-21(15-20)26-13-4-5-14-26)22-16-19(11-12-24(22)27)18-7-2-1-3-8-18/h1-3,6-12,15-17H,4-5,13-14,25H2. The van der Waals surface area contributed by atoms with Crippen LogP contribution in [-0.4, -0.2) is 17.8 Å². The van der Waals surface area contributed by atoms with Gasteiger partial charge in [-0.3, -0.25) is 4.68 Å². The highest BCUT2D eigenvalue weighted by Gasteiger charge is 2.15. The number of rotatable bonds is 3. The summed E-state index contributed by atoms with van der Waals surface area (Å²) in [5.41, 5.74) is 7.20. The molecule has 3 nitrogen and oxygen atoms in total. The topological polar surface area (TPSA) is 34.2 Å². The maximum atomic E-state index is 6.27. The molecule has 2 heterocycles. The largest absolute Gasteiger partial charge is 0.372 e. The fourth-order valence-corrected chi connectivity index (χ4v) is 4.14. The van der Waals surface area contributed by atoms with Gasteiger partial charge in [0.2, 0.25) is 0 Å². The molecular weight excluding hydrogens is 330 g/mol. The molecule has 1 fully saturated rings. The van der Waals surface area contributed by atoms with E-state index in [0.717, 1.165) is 18.6 Å². The van der Waals surface area contributed by atoms with Crippen molar-refractivity contribution in [3.63, 3.8) is 0 Å². The van der Waals surface area contributed by atoms with Gasteiger partial charge >= 0.3 is 0 Å². The van der Waals surface area contributed by atoms with Gasteiger partial charge < -0.3 is 10.7 Å². The van der Waals surface area contributed by atoms with Crippen molar-refractivity contribution in [1.29, 1.82) is 0 Å². The van der Waals surface area contributed by atoms with Crippen LogP contribution in [0.15, 0.2) is 79.0 Å². The number of anilines is 1. The van der Waals surface area contributed by atoms with E-state index in [4.69, 9.17) is 5.84 Å². The second kappa shape index (κ2) is 6.51. The quantitative estimate of drug-likeness (QED) is 0.508. The summed E-state index contributed by atoms with van der Waals surface area (Å²) in [5, 5.41) is 1.19. The molecule has 0 aliphatic carbocycles. The summed E-state index contributed by atoms with van der Waals surface area (Å²) < 4.78 is 1.74. The molecule has 1 saturated heterocycles. The lowest BCUT2D eigenvalue weighted by Gasteiger charge is -2.18. The lowest BCUT2D eigenvalue weighted by molar-refractivity contribution is 0.949. The number of hydrogen-bond acceptors (Lipinski definition) is 2. The normalized spacial score (nSPS) is 14.1. The van der Waals surface area contributed by atoms with E-state index in [1.807, 2.05) is 12.3 Å². The van der Waals surface area contributed by atoms with Crippen molar-refractivity contribution in [2.24, 2.45) is 0 Å². The molecule has 0 unspecified atom stereocenters. The molecule has 3 heteroatoms. The third-order valence-electron chi connectivity index (χ3n) is 5.57. The van der Waals surface area contributed by atoms with Crippen LogP contribution in [0.2, 0.25) is 0 Å². The summed E-state index contributed by atoms with van der Waals surface area (Å²) in [4.78, 5) is 2.47. The van der Waals surface area contributed by atoms with Crippen LogP contribution >= 0.6 is 0 Å². The van der Waals surface area contributed by atoms with Crippen molar-refractivity contribution in [1.82, 2.24) is 4.68 Å². The smallest absolute Gasteiger partial charge is 0.0696 e. The van der Waals surface area contributed by atoms with E-state index in [9.17, 15) is 0 Å². The number of hydrogen-bond donors (Lipinski definition) is 1. The molecule has 2 N–H and O–H groups in total. The zero-order valence-electron chi connectivity index (χ0n) is 15.3. The second-order valence-electron chi connectivity index (χ2n) is 7.29. The Balaban J connectivity index is 1.64. The van der Waals surface area contributed by atoms with Gasteiger partial charge in [-0.1, -0.05) is 48.5 Å². The van der Waals surface area contributed by atoms with E-state index in [2.05, 4.69) is 71.6 Å². The van der Waals surface area contributed by atoms with E-state index >= 15 is 0 Å². The molecule has 0 atom stereocenters. The number of benzene rings is 3. The van der Waals surface area contributed by atoms with Crippen LogP contribution in [0.25, 0.3) is 33.2 Å². The van der Waals surface area contributed by atoms with Gasteiger partial charge in [-0.05, 0) is 53.8 Å². The van der Waals surface area contributed by atoms with Crippen LogP contribution in [-0.2, 0) is 0 Å². The summed E-state index contributed by atoms with van der Waals surface area (Å²) in [5.74, 6) is 6.27. The Morgan fingerprint density at radius 3 is 2.30 bits per heavy atom. The third kappa shape index (κ3) is 2.85. The molecule has 134 valence electrons. The molecule has 1 aliphatic rings. The number of fused-ring (bicyclic) bond motifs is 1. The minimum absolute atomic E-state index is 1.05. The molecule has 0 radical (unpaired) electrons. The molecule has 5 rings (SSSR count). The van der Waals surface area contributed by atoms with E-state index in [0.29, 0.717) is 0 Å². The predicted octanol–water partition coefficient (Wildman–Crippen LogP) is 5.29. The number of nitrogens with two attached hydrogens (primary N) is 1. The highest BCUT2D eigenvalue weighted by molar-refractivity contribution is 5.99. The lowest BCUT2D eigenvalue weighted by atomic mass is 9.99. The highest BCUT2D eigenvalue weighted by atomic mass is 15.3. The Labute approximate surface area is 159 Å². The van der Waals surface area contributed by atoms with E-state index in [1.54, 1.807) is 4.68 Å². The molecule has 3 aromatic carbocycles. The van der Waals surface area contributed by atoms with Gasteiger partial charge in [0.1, 0.15) is 0 Å². The lowest BCUT2D eigenvalue weighted by Crippen LogP contribution is -2.17. The average Bonchev–Trinajstić information content (AvgIpc) is 3.37. The van der Waals surface area contributed by atoms with Crippen LogP contribution in [0.4, 0.5) is 5.69 Å². The second-order valence-corrected chi connectivity index (χ2v) is 7.29. The fourth-order valence-electron chi connectivity index (χ4n) is 4.14. The molecule has 1 aliphatic heterocycles. The SMILES string of the molecule is Nn1cc(-c2cccc(N3CCCC3)c2)c2cc(-c3ccccc3)ccc21. The number of nitrogen functional groups attached to an aromatic ring is 1. The van der Waals surface area contributed by atoms with Gasteiger partial charge in [0.15, 0.2) is 0 Å². The number of aromatic nitrogens is 1. The summed E-state index contributed by atoms with van der Waals surface area (Å²) in [6.07, 6.45) is 4.61. The number of nitrogens with zero attached hydrogens (tertiary/aromatic N) is 2. The monoisotopic (exact) mass is 353 g/mol. The van der Waals surface area contributed by atoms with Crippen molar-refractivity contribution in [3.8, 4) is 22.3 Å². The first-order chi connectivity index (χ1) is 13.3. The molecule has 0 amide bonds. The van der Waals surface area contributed by atoms with Gasteiger partial charge in [0.25, 0.3) is 0 Å². The Kier molecular flexibility index (Phi) is 3.86. The van der Waals surface area contributed by atoms with Gasteiger partial charge in [-0.2, -0.15) is 0 Å². The molecule has 1 aromatic heterocycles. The average molecular weight is 353 g/mol. The molecule has 0 saturated carbocycles. The van der Waals surface area contributed by atoms with Gasteiger partial charge in [-0.25, -0.2) is 0 Å². The van der Waals surface area contributed by atoms with Crippen molar-refractivity contribution in [2.45, 2.75) is 12.8 Å². The van der Waals surface area contributed by atoms with Crippen LogP contribution in [0.1, 0.15) is 12.8 Å². The Morgan fingerprint density at radius 2 is 1.48 bits per heavy atom. The Hall–Kier alpha value is -3.20. The minimum atomic E-state index is 1.05. The fraction of sp³-hybridized carbons (Fsp3) is 0.167. The first-order valence-corrected chi connectivity index (χ1v) is 9.60. The van der Waals surface area contributed by atoms with Gasteiger partial charge in [0, 0.05) is 35.9 Å². The van der Waals surface area contributed by atoms with Crippen LogP contribution in [0.3, 0.4) is 0 Å². The van der Waals surface area contributed by atoms with Gasteiger partial charge in [-0.15, -0.1) is 0 Å². The van der Waals surface area contributed by atoms with E-state index in [-0.39, 0.29) is 0 Å². The molecule has 27 heavy (non-hydrogen) atoms. The van der Waals surface area contributed by atoms with Crippen molar-refractivity contribution < 1.29 is 0 Å². The molecule has 0 spiro atoms.